The van der Waals surface area contributed by atoms with Gasteiger partial charge in [-0.2, -0.15) is 0 Å². The number of carbonyl (C=O) groups excluding carboxylic acids is 1. The predicted octanol–water partition coefficient (Wildman–Crippen LogP) is 3.82. The van der Waals surface area contributed by atoms with Gasteiger partial charge in [-0.15, -0.1) is 0 Å². The molecule has 5 nitrogen and oxygen atoms in total. The Hall–Kier alpha value is -1.59. The molecule has 24 heavy (non-hydrogen) atoms. The van der Waals surface area contributed by atoms with Crippen LogP contribution in [0.2, 0.25) is 0 Å². The Balaban J connectivity index is 1.46. The molecule has 2 amide bonds. The first-order valence-electron chi connectivity index (χ1n) is 8.96. The van der Waals surface area contributed by atoms with Gasteiger partial charge in [0, 0.05) is 32.5 Å². The normalized spacial score (nSPS) is 20.0. The largest absolute Gasteiger partial charge is 0.378 e. The van der Waals surface area contributed by atoms with Crippen molar-refractivity contribution < 1.29 is 14.3 Å². The van der Waals surface area contributed by atoms with Crippen molar-refractivity contribution in [2.75, 3.05) is 32.1 Å². The van der Waals surface area contributed by atoms with E-state index in [1.54, 1.807) is 7.11 Å². The molecule has 1 aliphatic carbocycles. The molecule has 132 valence electrons. The fraction of sp³-hybridized carbons (Fsp3) is 0.632. The van der Waals surface area contributed by atoms with E-state index < -0.39 is 0 Å². The molecule has 2 aliphatic rings. The van der Waals surface area contributed by atoms with Gasteiger partial charge >= 0.3 is 6.03 Å². The molecule has 1 saturated carbocycles. The van der Waals surface area contributed by atoms with Gasteiger partial charge in [-0.25, -0.2) is 4.79 Å². The Labute approximate surface area is 144 Å². The van der Waals surface area contributed by atoms with Crippen LogP contribution >= 0.6 is 0 Å². The van der Waals surface area contributed by atoms with E-state index in [1.807, 2.05) is 36.1 Å². The number of rotatable bonds is 6. The van der Waals surface area contributed by atoms with Gasteiger partial charge in [0.15, 0.2) is 0 Å². The van der Waals surface area contributed by atoms with Crippen molar-refractivity contribution in [2.45, 2.75) is 44.8 Å². The van der Waals surface area contributed by atoms with Gasteiger partial charge < -0.3 is 19.7 Å². The number of nitrogens with zero attached hydrogens (tertiary/aromatic N) is 1. The standard InChI is InChI=1S/C19H28N2O3/c1-14(23-2)16-4-3-5-17(12-16)20-19(22)21-10-8-18(9-11-21)24-13-15-6-7-15/h3-5,12,14-15,18H,6-11,13H2,1-2H3,(H,20,22)/t14-/m0/s1. The molecule has 1 saturated heterocycles. The summed E-state index contributed by atoms with van der Waals surface area (Å²) in [5.74, 6) is 0.799. The van der Waals surface area contributed by atoms with E-state index in [0.29, 0.717) is 6.10 Å². The summed E-state index contributed by atoms with van der Waals surface area (Å²) in [4.78, 5) is 14.3. The topological polar surface area (TPSA) is 50.8 Å². The van der Waals surface area contributed by atoms with Gasteiger partial charge in [0.25, 0.3) is 0 Å². The highest BCUT2D eigenvalue weighted by molar-refractivity contribution is 5.89. The number of likely N-dealkylation sites (tertiary alicyclic amines) is 1. The highest BCUT2D eigenvalue weighted by atomic mass is 16.5. The predicted molar refractivity (Wildman–Crippen MR) is 94.2 cm³/mol. The highest BCUT2D eigenvalue weighted by Crippen LogP contribution is 2.30. The van der Waals surface area contributed by atoms with Crippen molar-refractivity contribution in [2.24, 2.45) is 5.92 Å². The van der Waals surface area contributed by atoms with Crippen LogP contribution in [0.25, 0.3) is 0 Å². The maximum absolute atomic E-state index is 12.4. The average molecular weight is 332 g/mol. The fourth-order valence-corrected chi connectivity index (χ4v) is 2.99. The third kappa shape index (κ3) is 4.71. The van der Waals surface area contributed by atoms with Crippen molar-refractivity contribution in [3.63, 3.8) is 0 Å². The lowest BCUT2D eigenvalue weighted by Crippen LogP contribution is -2.43. The van der Waals surface area contributed by atoms with Crippen molar-refractivity contribution in [1.29, 1.82) is 0 Å². The molecular formula is C19H28N2O3. The lowest BCUT2D eigenvalue weighted by Gasteiger charge is -2.32. The van der Waals surface area contributed by atoms with Crippen molar-refractivity contribution in [1.82, 2.24) is 4.90 Å². The Morgan fingerprint density at radius 1 is 1.29 bits per heavy atom. The number of carbonyl (C=O) groups is 1. The zero-order chi connectivity index (χ0) is 16.9. The molecule has 1 N–H and O–H groups in total. The summed E-state index contributed by atoms with van der Waals surface area (Å²) in [5.41, 5.74) is 1.87. The molecule has 0 aromatic heterocycles. The number of methoxy groups -OCH3 is 1. The number of hydrogen-bond acceptors (Lipinski definition) is 3. The third-order valence-electron chi connectivity index (χ3n) is 4.95. The van der Waals surface area contributed by atoms with Gasteiger partial charge in [-0.1, -0.05) is 12.1 Å². The van der Waals surface area contributed by atoms with Crippen LogP contribution in [0, 0.1) is 5.92 Å². The summed E-state index contributed by atoms with van der Waals surface area (Å²) in [6, 6.07) is 7.80. The third-order valence-corrected chi connectivity index (χ3v) is 4.95. The molecule has 1 heterocycles. The molecular weight excluding hydrogens is 304 g/mol. The zero-order valence-electron chi connectivity index (χ0n) is 14.7. The van der Waals surface area contributed by atoms with Crippen LogP contribution in [0.15, 0.2) is 24.3 Å². The number of urea groups is 1. The monoisotopic (exact) mass is 332 g/mol. The van der Waals surface area contributed by atoms with Gasteiger partial charge in [0.2, 0.25) is 0 Å². The SMILES string of the molecule is CO[C@@H](C)c1cccc(NC(=O)N2CCC(OCC3CC3)CC2)c1. The molecule has 5 heteroatoms. The second-order valence-electron chi connectivity index (χ2n) is 6.90. The molecule has 0 bridgehead atoms. The van der Waals surface area contributed by atoms with Crippen molar-refractivity contribution in [3.05, 3.63) is 29.8 Å². The van der Waals surface area contributed by atoms with Crippen molar-refractivity contribution >= 4 is 11.7 Å². The molecule has 1 aliphatic heterocycles. The van der Waals surface area contributed by atoms with E-state index in [1.165, 1.54) is 12.8 Å². The van der Waals surface area contributed by atoms with E-state index in [4.69, 9.17) is 9.47 Å². The smallest absolute Gasteiger partial charge is 0.321 e. The van der Waals surface area contributed by atoms with Crippen LogP contribution in [-0.2, 0) is 9.47 Å². The van der Waals surface area contributed by atoms with Crippen LogP contribution in [0.3, 0.4) is 0 Å². The average Bonchev–Trinajstić information content (AvgIpc) is 3.44. The van der Waals surface area contributed by atoms with E-state index in [0.717, 1.165) is 49.7 Å². The fourth-order valence-electron chi connectivity index (χ4n) is 2.99. The molecule has 1 aromatic rings. The minimum Gasteiger partial charge on any atom is -0.378 e. The molecule has 1 aromatic carbocycles. The Kier molecular flexibility index (Phi) is 5.74. The van der Waals surface area contributed by atoms with Crippen molar-refractivity contribution in [3.8, 4) is 0 Å². The minimum atomic E-state index is -0.0298. The van der Waals surface area contributed by atoms with Crippen LogP contribution in [0.1, 0.15) is 44.3 Å². The van der Waals surface area contributed by atoms with Gasteiger partial charge in [-0.3, -0.25) is 0 Å². The van der Waals surface area contributed by atoms with Gasteiger partial charge in [0.1, 0.15) is 0 Å². The molecule has 0 spiro atoms. The first-order valence-corrected chi connectivity index (χ1v) is 8.96. The number of benzene rings is 1. The van der Waals surface area contributed by atoms with E-state index in [2.05, 4.69) is 5.32 Å². The number of ether oxygens (including phenoxy) is 2. The number of piperidine rings is 1. The quantitative estimate of drug-likeness (QED) is 0.861. The number of anilines is 1. The van der Waals surface area contributed by atoms with Crippen LogP contribution in [0.4, 0.5) is 10.5 Å². The Bertz CT molecular complexity index is 551. The maximum Gasteiger partial charge on any atom is 0.321 e. The summed E-state index contributed by atoms with van der Waals surface area (Å²) < 4.78 is 11.3. The number of nitrogens with one attached hydrogen (secondary N) is 1. The van der Waals surface area contributed by atoms with E-state index >= 15 is 0 Å². The van der Waals surface area contributed by atoms with Crippen LogP contribution < -0.4 is 5.32 Å². The lowest BCUT2D eigenvalue weighted by molar-refractivity contribution is 0.0105. The summed E-state index contributed by atoms with van der Waals surface area (Å²) in [6.45, 7) is 4.42. The minimum absolute atomic E-state index is 0.0150. The second-order valence-corrected chi connectivity index (χ2v) is 6.90. The Morgan fingerprint density at radius 3 is 2.71 bits per heavy atom. The lowest BCUT2D eigenvalue weighted by atomic mass is 10.1. The summed E-state index contributed by atoms with van der Waals surface area (Å²) in [7, 11) is 1.69. The summed E-state index contributed by atoms with van der Waals surface area (Å²) in [5, 5.41) is 3.00. The zero-order valence-corrected chi connectivity index (χ0v) is 14.7. The maximum atomic E-state index is 12.4. The van der Waals surface area contributed by atoms with E-state index in [9.17, 15) is 4.79 Å². The van der Waals surface area contributed by atoms with Gasteiger partial charge in [0.05, 0.1) is 12.2 Å². The number of amides is 2. The summed E-state index contributed by atoms with van der Waals surface area (Å²) in [6.07, 6.45) is 4.84. The number of hydrogen-bond donors (Lipinski definition) is 1. The molecule has 3 rings (SSSR count). The second kappa shape index (κ2) is 7.99. The molecule has 0 unspecified atom stereocenters. The molecule has 1 atom stereocenters. The van der Waals surface area contributed by atoms with E-state index in [-0.39, 0.29) is 12.1 Å². The Morgan fingerprint density at radius 2 is 2.04 bits per heavy atom. The van der Waals surface area contributed by atoms with Crippen LogP contribution in [-0.4, -0.2) is 43.8 Å². The first kappa shape index (κ1) is 17.2. The first-order chi connectivity index (χ1) is 11.7. The highest BCUT2D eigenvalue weighted by Gasteiger charge is 2.26. The summed E-state index contributed by atoms with van der Waals surface area (Å²) >= 11 is 0. The van der Waals surface area contributed by atoms with Crippen LogP contribution in [0.5, 0.6) is 0 Å². The van der Waals surface area contributed by atoms with Gasteiger partial charge in [-0.05, 0) is 56.2 Å². The molecule has 2 fully saturated rings. The molecule has 0 radical (unpaired) electrons.